The molecule has 0 bridgehead atoms. The van der Waals surface area contributed by atoms with Gasteiger partial charge in [-0.15, -0.1) is 0 Å². The first-order valence-electron chi connectivity index (χ1n) is 11.5. The summed E-state index contributed by atoms with van der Waals surface area (Å²) < 4.78 is 5.36. The number of amides is 4. The number of halogens is 1. The van der Waals surface area contributed by atoms with E-state index in [2.05, 4.69) is 10.2 Å². The molecule has 0 saturated carbocycles. The van der Waals surface area contributed by atoms with Crippen LogP contribution in [-0.4, -0.2) is 90.6 Å². The van der Waals surface area contributed by atoms with Gasteiger partial charge in [0.05, 0.1) is 13.2 Å². The van der Waals surface area contributed by atoms with Gasteiger partial charge in [0.1, 0.15) is 5.54 Å². The van der Waals surface area contributed by atoms with Gasteiger partial charge < -0.3 is 15.0 Å². The molecule has 1 aromatic carbocycles. The van der Waals surface area contributed by atoms with Gasteiger partial charge in [0.15, 0.2) is 0 Å². The van der Waals surface area contributed by atoms with Crippen LogP contribution in [0.15, 0.2) is 30.3 Å². The minimum absolute atomic E-state index is 0.0149. The van der Waals surface area contributed by atoms with Crippen LogP contribution in [-0.2, 0) is 14.3 Å². The first-order valence-corrected chi connectivity index (χ1v) is 11.9. The van der Waals surface area contributed by atoms with Crippen LogP contribution in [0.1, 0.15) is 25.3 Å². The molecule has 0 radical (unpaired) electrons. The van der Waals surface area contributed by atoms with E-state index in [1.807, 2.05) is 25.1 Å². The van der Waals surface area contributed by atoms with Gasteiger partial charge in [-0.2, -0.15) is 0 Å². The topological polar surface area (TPSA) is 82.2 Å². The fourth-order valence-electron chi connectivity index (χ4n) is 4.82. The fourth-order valence-corrected chi connectivity index (χ4v) is 5.01. The molecule has 1 unspecified atom stereocenters. The Labute approximate surface area is 199 Å². The third kappa shape index (κ3) is 5.23. The van der Waals surface area contributed by atoms with Crippen molar-refractivity contribution in [2.24, 2.45) is 5.92 Å². The Bertz CT molecular complexity index is 925. The van der Waals surface area contributed by atoms with Crippen LogP contribution in [0.4, 0.5) is 4.79 Å². The van der Waals surface area contributed by atoms with Crippen LogP contribution in [0, 0.1) is 5.92 Å². The summed E-state index contributed by atoms with van der Waals surface area (Å²) in [5, 5.41) is 3.55. The van der Waals surface area contributed by atoms with Crippen LogP contribution in [0.3, 0.4) is 0 Å². The maximum Gasteiger partial charge on any atom is 0.325 e. The molecule has 9 heteroatoms. The number of likely N-dealkylation sites (tertiary alicyclic amines) is 1. The van der Waals surface area contributed by atoms with Crippen LogP contribution in [0.5, 0.6) is 0 Å². The number of rotatable bonds is 6. The Hall–Kier alpha value is -2.42. The maximum absolute atomic E-state index is 13.2. The molecule has 0 aromatic heterocycles. The summed E-state index contributed by atoms with van der Waals surface area (Å²) in [7, 11) is 0. The van der Waals surface area contributed by atoms with E-state index in [4.69, 9.17) is 16.3 Å². The molecule has 3 saturated heterocycles. The number of imide groups is 1. The number of piperidine rings is 1. The molecule has 0 spiro atoms. The van der Waals surface area contributed by atoms with Crippen LogP contribution < -0.4 is 5.32 Å². The minimum atomic E-state index is -0.926. The number of hydrogen-bond donors (Lipinski definition) is 1. The van der Waals surface area contributed by atoms with Gasteiger partial charge in [0, 0.05) is 50.4 Å². The SMILES string of the molecule is CC1(C2CCN(C(=O)C=Cc3ccccc3Cl)CC2)NC(=O)N(CCN2CCOCC2)C1=O. The Kier molecular flexibility index (Phi) is 7.36. The highest BCUT2D eigenvalue weighted by molar-refractivity contribution is 6.32. The molecule has 8 nitrogen and oxygen atoms in total. The smallest absolute Gasteiger partial charge is 0.325 e. The van der Waals surface area contributed by atoms with Gasteiger partial charge in [0.2, 0.25) is 5.91 Å². The highest BCUT2D eigenvalue weighted by atomic mass is 35.5. The highest BCUT2D eigenvalue weighted by Crippen LogP contribution is 2.33. The van der Waals surface area contributed by atoms with Crippen molar-refractivity contribution in [3.05, 3.63) is 40.9 Å². The zero-order valence-corrected chi connectivity index (χ0v) is 19.7. The summed E-state index contributed by atoms with van der Waals surface area (Å²) >= 11 is 6.15. The number of hydrogen-bond acceptors (Lipinski definition) is 5. The molecular weight excluding hydrogens is 444 g/mol. The van der Waals surface area contributed by atoms with E-state index in [1.165, 1.54) is 4.90 Å². The third-order valence-electron chi connectivity index (χ3n) is 6.98. The lowest BCUT2D eigenvalue weighted by Crippen LogP contribution is -2.54. The summed E-state index contributed by atoms with van der Waals surface area (Å²) in [6, 6.07) is 7.05. The number of ether oxygens (including phenoxy) is 1. The molecule has 3 heterocycles. The lowest BCUT2D eigenvalue weighted by Gasteiger charge is -2.38. The Balaban J connectivity index is 1.31. The average molecular weight is 475 g/mol. The first-order chi connectivity index (χ1) is 15.9. The molecule has 33 heavy (non-hydrogen) atoms. The van der Waals surface area contributed by atoms with E-state index in [9.17, 15) is 14.4 Å². The molecule has 4 amide bonds. The van der Waals surface area contributed by atoms with Crippen molar-refractivity contribution in [1.29, 1.82) is 0 Å². The van der Waals surface area contributed by atoms with Gasteiger partial charge in [0.25, 0.3) is 5.91 Å². The molecule has 1 N–H and O–H groups in total. The normalized spacial score (nSPS) is 25.2. The van der Waals surface area contributed by atoms with Crippen molar-refractivity contribution in [2.75, 3.05) is 52.5 Å². The van der Waals surface area contributed by atoms with E-state index in [-0.39, 0.29) is 23.8 Å². The van der Waals surface area contributed by atoms with Crippen molar-refractivity contribution in [1.82, 2.24) is 20.0 Å². The summed E-state index contributed by atoms with van der Waals surface area (Å²) in [6.07, 6.45) is 4.58. The molecule has 3 fully saturated rings. The van der Waals surface area contributed by atoms with E-state index in [0.29, 0.717) is 57.3 Å². The van der Waals surface area contributed by atoms with Crippen molar-refractivity contribution >= 4 is 35.5 Å². The molecule has 1 atom stereocenters. The molecule has 178 valence electrons. The lowest BCUT2D eigenvalue weighted by molar-refractivity contribution is -0.134. The minimum Gasteiger partial charge on any atom is -0.379 e. The summed E-state index contributed by atoms with van der Waals surface area (Å²) in [6.45, 7) is 6.95. The second kappa shape index (κ2) is 10.2. The molecule has 4 rings (SSSR count). The van der Waals surface area contributed by atoms with E-state index in [1.54, 1.807) is 23.1 Å². The Morgan fingerprint density at radius 3 is 2.55 bits per heavy atom. The Morgan fingerprint density at radius 1 is 1.15 bits per heavy atom. The van der Waals surface area contributed by atoms with E-state index < -0.39 is 5.54 Å². The molecule has 3 aliphatic rings. The lowest BCUT2D eigenvalue weighted by atomic mass is 9.79. The second-order valence-corrected chi connectivity index (χ2v) is 9.40. The zero-order chi connectivity index (χ0) is 23.4. The molecule has 0 aliphatic carbocycles. The predicted molar refractivity (Wildman–Crippen MR) is 126 cm³/mol. The predicted octanol–water partition coefficient (Wildman–Crippen LogP) is 2.23. The summed E-state index contributed by atoms with van der Waals surface area (Å²) in [5.41, 5.74) is -0.128. The number of nitrogens with zero attached hydrogens (tertiary/aromatic N) is 3. The van der Waals surface area contributed by atoms with E-state index in [0.717, 1.165) is 18.7 Å². The number of carbonyl (C=O) groups excluding carboxylic acids is 3. The Morgan fingerprint density at radius 2 is 1.85 bits per heavy atom. The highest BCUT2D eigenvalue weighted by Gasteiger charge is 2.52. The fraction of sp³-hybridized carbons (Fsp3) is 0.542. The monoisotopic (exact) mass is 474 g/mol. The quantitative estimate of drug-likeness (QED) is 0.505. The van der Waals surface area contributed by atoms with Gasteiger partial charge in [-0.1, -0.05) is 29.8 Å². The third-order valence-corrected chi connectivity index (χ3v) is 7.32. The summed E-state index contributed by atoms with van der Waals surface area (Å²) in [5.74, 6) is -0.254. The molecule has 1 aromatic rings. The number of morpholine rings is 1. The standard InChI is InChI=1S/C24H31ClN4O4/c1-24(22(31)29(23(32)26-24)13-12-27-14-16-33-17-15-27)19-8-10-28(11-9-19)21(30)7-6-18-4-2-3-5-20(18)25/h2-7,19H,8-17H2,1H3,(H,26,32). The van der Waals surface area contributed by atoms with Crippen molar-refractivity contribution in [2.45, 2.75) is 25.3 Å². The largest absolute Gasteiger partial charge is 0.379 e. The van der Waals surface area contributed by atoms with Crippen LogP contribution >= 0.6 is 11.6 Å². The first kappa shape index (κ1) is 23.7. The van der Waals surface area contributed by atoms with Gasteiger partial charge >= 0.3 is 6.03 Å². The number of benzene rings is 1. The number of nitrogens with one attached hydrogen (secondary N) is 1. The number of urea groups is 1. The second-order valence-electron chi connectivity index (χ2n) is 9.00. The number of carbonyl (C=O) groups is 3. The van der Waals surface area contributed by atoms with Crippen molar-refractivity contribution in [3.63, 3.8) is 0 Å². The van der Waals surface area contributed by atoms with Gasteiger partial charge in [-0.05, 0) is 43.4 Å². The maximum atomic E-state index is 13.2. The van der Waals surface area contributed by atoms with Crippen molar-refractivity contribution in [3.8, 4) is 0 Å². The van der Waals surface area contributed by atoms with Crippen LogP contribution in [0.25, 0.3) is 6.08 Å². The van der Waals surface area contributed by atoms with E-state index >= 15 is 0 Å². The molecular formula is C24H31ClN4O4. The van der Waals surface area contributed by atoms with Crippen molar-refractivity contribution < 1.29 is 19.1 Å². The zero-order valence-electron chi connectivity index (χ0n) is 19.0. The van der Waals surface area contributed by atoms with Crippen LogP contribution in [0.2, 0.25) is 5.02 Å². The average Bonchev–Trinajstić information content (AvgIpc) is 3.06. The van der Waals surface area contributed by atoms with Gasteiger partial charge in [-0.3, -0.25) is 19.4 Å². The van der Waals surface area contributed by atoms with Gasteiger partial charge in [-0.25, -0.2) is 4.79 Å². The summed E-state index contributed by atoms with van der Waals surface area (Å²) in [4.78, 5) is 43.8. The molecule has 3 aliphatic heterocycles.